The first kappa shape index (κ1) is 26.2. The van der Waals surface area contributed by atoms with Crippen LogP contribution in [0.3, 0.4) is 0 Å². The third kappa shape index (κ3) is 6.44. The normalized spacial score (nSPS) is 20.3. The first-order chi connectivity index (χ1) is 17.4. The molecule has 2 atom stereocenters. The number of hydrogen-bond donors (Lipinski definition) is 0. The van der Waals surface area contributed by atoms with Gasteiger partial charge < -0.3 is 4.74 Å². The number of aromatic nitrogens is 4. The number of ether oxygens (including phenoxy) is 1. The molecule has 9 nitrogen and oxygen atoms in total. The van der Waals surface area contributed by atoms with Gasteiger partial charge in [0.05, 0.1) is 25.6 Å². The van der Waals surface area contributed by atoms with E-state index in [4.69, 9.17) is 4.74 Å². The van der Waals surface area contributed by atoms with E-state index in [2.05, 4.69) is 15.5 Å². The van der Waals surface area contributed by atoms with Gasteiger partial charge in [0.2, 0.25) is 0 Å². The topological polar surface area (TPSA) is 107 Å². The molecule has 0 bridgehead atoms. The number of esters is 1. The van der Waals surface area contributed by atoms with Gasteiger partial charge in [-0.2, -0.15) is 0 Å². The summed E-state index contributed by atoms with van der Waals surface area (Å²) in [6.45, 7) is 4.73. The van der Waals surface area contributed by atoms with Gasteiger partial charge in [-0.1, -0.05) is 30.0 Å². The highest BCUT2D eigenvalue weighted by Gasteiger charge is 2.41. The minimum Gasteiger partial charge on any atom is -0.466 e. The Labute approximate surface area is 213 Å². The molecule has 0 radical (unpaired) electrons. The number of rotatable bonds is 10. The Bertz CT molecular complexity index is 1150. The van der Waals surface area contributed by atoms with Gasteiger partial charge in [-0.3, -0.25) is 19.3 Å². The second kappa shape index (κ2) is 11.9. The quantitative estimate of drug-likeness (QED) is 0.441. The third-order valence-corrected chi connectivity index (χ3v) is 7.46. The Morgan fingerprint density at radius 2 is 2.03 bits per heavy atom. The van der Waals surface area contributed by atoms with Crippen molar-refractivity contribution in [3.63, 3.8) is 0 Å². The predicted molar refractivity (Wildman–Crippen MR) is 132 cm³/mol. The van der Waals surface area contributed by atoms with E-state index in [1.54, 1.807) is 25.1 Å². The van der Waals surface area contributed by atoms with Crippen molar-refractivity contribution in [1.29, 1.82) is 0 Å². The number of ketones is 1. The van der Waals surface area contributed by atoms with Crippen LogP contribution in [-0.4, -0.2) is 66.9 Å². The Kier molecular flexibility index (Phi) is 8.63. The number of halogens is 1. The van der Waals surface area contributed by atoms with Crippen LogP contribution < -0.4 is 0 Å². The molecule has 1 saturated heterocycles. The molecule has 11 heteroatoms. The second-order valence-electron chi connectivity index (χ2n) is 8.99. The fourth-order valence-corrected chi connectivity index (χ4v) is 5.38. The standard InChI is InChI=1S/C25H30FN5O4S/c1-3-35-23(33)11-13-31-22(27-28-29-31)14-18-15-30(12-10-21(18)36-16(2)32)24(25(34)17-8-9-17)19-6-4-5-7-20(19)26/h4-7,14,17,21,24H,3,8-13,15H2,1-2H3. The van der Waals surface area contributed by atoms with Gasteiger partial charge >= 0.3 is 5.97 Å². The zero-order valence-corrected chi connectivity index (χ0v) is 21.2. The molecule has 1 saturated carbocycles. The SMILES string of the molecule is CCOC(=O)CCn1nnnc1C=C1CN(C(C(=O)C2CC2)c2ccccc2F)CCC1SC(C)=O. The number of Topliss-reactive ketones (excluding diaryl/α,β-unsaturated/α-hetero) is 1. The van der Waals surface area contributed by atoms with Crippen LogP contribution in [0.5, 0.6) is 0 Å². The van der Waals surface area contributed by atoms with Crippen LogP contribution in [0.2, 0.25) is 0 Å². The number of piperidine rings is 1. The summed E-state index contributed by atoms with van der Waals surface area (Å²) in [5.41, 5.74) is 1.25. The van der Waals surface area contributed by atoms with Crippen LogP contribution in [-0.2, 0) is 25.7 Å². The molecule has 36 heavy (non-hydrogen) atoms. The zero-order chi connectivity index (χ0) is 25.7. The van der Waals surface area contributed by atoms with Gasteiger partial charge in [0, 0.05) is 36.7 Å². The minimum atomic E-state index is -0.690. The van der Waals surface area contributed by atoms with Crippen molar-refractivity contribution in [2.24, 2.45) is 5.92 Å². The molecule has 1 aromatic heterocycles. The van der Waals surface area contributed by atoms with Crippen molar-refractivity contribution in [3.05, 3.63) is 47.0 Å². The molecule has 1 aromatic carbocycles. The van der Waals surface area contributed by atoms with E-state index in [0.717, 1.165) is 18.4 Å². The van der Waals surface area contributed by atoms with Crippen LogP contribution in [0.25, 0.3) is 6.08 Å². The minimum absolute atomic E-state index is 0.0130. The van der Waals surface area contributed by atoms with E-state index in [0.29, 0.717) is 37.5 Å². The van der Waals surface area contributed by atoms with Gasteiger partial charge in [-0.15, -0.1) is 5.10 Å². The summed E-state index contributed by atoms with van der Waals surface area (Å²) in [5.74, 6) is -0.295. The largest absolute Gasteiger partial charge is 0.466 e. The number of tetrazole rings is 1. The van der Waals surface area contributed by atoms with E-state index in [1.807, 2.05) is 11.0 Å². The molecule has 4 rings (SSSR count). The summed E-state index contributed by atoms with van der Waals surface area (Å²) < 4.78 is 21.3. The summed E-state index contributed by atoms with van der Waals surface area (Å²) in [6.07, 6.45) is 4.22. The third-order valence-electron chi connectivity index (χ3n) is 6.31. The molecule has 2 heterocycles. The molecule has 1 aliphatic heterocycles. The van der Waals surface area contributed by atoms with Crippen LogP contribution >= 0.6 is 11.8 Å². The van der Waals surface area contributed by atoms with Gasteiger partial charge in [-0.25, -0.2) is 9.07 Å². The fourth-order valence-electron chi connectivity index (χ4n) is 4.47. The molecule has 192 valence electrons. The lowest BCUT2D eigenvalue weighted by Gasteiger charge is -2.38. The summed E-state index contributed by atoms with van der Waals surface area (Å²) in [6, 6.07) is 5.74. The lowest BCUT2D eigenvalue weighted by molar-refractivity contribution is -0.143. The summed E-state index contributed by atoms with van der Waals surface area (Å²) in [5, 5.41) is 11.7. The van der Waals surface area contributed by atoms with Crippen LogP contribution in [0.1, 0.15) is 57.0 Å². The molecule has 2 aromatic rings. The highest BCUT2D eigenvalue weighted by Crippen LogP contribution is 2.40. The molecule has 1 aliphatic carbocycles. The van der Waals surface area contributed by atoms with Gasteiger partial charge in [-0.05, 0) is 54.3 Å². The number of thioether (sulfide) groups is 1. The average Bonchev–Trinajstić information content (AvgIpc) is 3.60. The van der Waals surface area contributed by atoms with E-state index in [9.17, 15) is 18.8 Å². The Hall–Kier alpha value is -2.92. The molecule has 0 amide bonds. The summed E-state index contributed by atoms with van der Waals surface area (Å²) in [7, 11) is 0. The average molecular weight is 516 g/mol. The maximum Gasteiger partial charge on any atom is 0.307 e. The molecule has 0 spiro atoms. The van der Waals surface area contributed by atoms with Crippen LogP contribution in [0.4, 0.5) is 4.39 Å². The van der Waals surface area contributed by atoms with Crippen LogP contribution in [0.15, 0.2) is 29.8 Å². The molecule has 2 aliphatic rings. The monoisotopic (exact) mass is 515 g/mol. The first-order valence-electron chi connectivity index (χ1n) is 12.2. The summed E-state index contributed by atoms with van der Waals surface area (Å²) >= 11 is 1.23. The lowest BCUT2D eigenvalue weighted by Crippen LogP contribution is -2.43. The van der Waals surface area contributed by atoms with Gasteiger partial charge in [0.1, 0.15) is 5.82 Å². The van der Waals surface area contributed by atoms with Crippen molar-refractivity contribution >= 4 is 34.7 Å². The van der Waals surface area contributed by atoms with Crippen molar-refractivity contribution in [1.82, 2.24) is 25.1 Å². The number of likely N-dealkylation sites (tertiary alicyclic amines) is 1. The van der Waals surface area contributed by atoms with Crippen molar-refractivity contribution in [2.75, 3.05) is 19.7 Å². The van der Waals surface area contributed by atoms with Gasteiger partial charge in [0.15, 0.2) is 16.7 Å². The van der Waals surface area contributed by atoms with Crippen molar-refractivity contribution in [2.45, 2.75) is 57.4 Å². The molecular formula is C25H30FN5O4S. The Morgan fingerprint density at radius 3 is 2.72 bits per heavy atom. The summed E-state index contributed by atoms with van der Waals surface area (Å²) in [4.78, 5) is 39.1. The van der Waals surface area contributed by atoms with Gasteiger partial charge in [0.25, 0.3) is 0 Å². The smallest absolute Gasteiger partial charge is 0.307 e. The number of carbonyl (C=O) groups is 3. The zero-order valence-electron chi connectivity index (χ0n) is 20.4. The maximum atomic E-state index is 14.8. The van der Waals surface area contributed by atoms with E-state index in [-0.39, 0.29) is 41.0 Å². The molecular weight excluding hydrogens is 485 g/mol. The molecule has 2 unspecified atom stereocenters. The van der Waals surface area contributed by atoms with Crippen LogP contribution in [0, 0.1) is 11.7 Å². The fraction of sp³-hybridized carbons (Fsp3) is 0.520. The highest BCUT2D eigenvalue weighted by molar-refractivity contribution is 8.14. The second-order valence-corrected chi connectivity index (χ2v) is 10.4. The maximum absolute atomic E-state index is 14.8. The number of benzene rings is 1. The lowest BCUT2D eigenvalue weighted by atomic mass is 9.93. The Morgan fingerprint density at radius 1 is 1.25 bits per heavy atom. The van der Waals surface area contributed by atoms with E-state index >= 15 is 0 Å². The number of carbonyl (C=O) groups excluding carboxylic acids is 3. The number of nitrogens with zero attached hydrogens (tertiary/aromatic N) is 5. The number of hydrogen-bond acceptors (Lipinski definition) is 9. The highest BCUT2D eigenvalue weighted by atomic mass is 32.2. The van der Waals surface area contributed by atoms with E-state index < -0.39 is 11.9 Å². The molecule has 2 fully saturated rings. The van der Waals surface area contributed by atoms with Crippen molar-refractivity contribution < 1.29 is 23.5 Å². The number of aryl methyl sites for hydroxylation is 1. The first-order valence-corrected chi connectivity index (χ1v) is 13.1. The molecule has 0 N–H and O–H groups in total. The van der Waals surface area contributed by atoms with E-state index in [1.165, 1.54) is 29.4 Å². The Balaban J connectivity index is 1.62. The predicted octanol–water partition coefficient (Wildman–Crippen LogP) is 3.22. The van der Waals surface area contributed by atoms with Crippen molar-refractivity contribution in [3.8, 4) is 0 Å².